The summed E-state index contributed by atoms with van der Waals surface area (Å²) in [6.07, 6.45) is 8.14. The van der Waals surface area contributed by atoms with Gasteiger partial charge in [0, 0.05) is 15.4 Å². The lowest BCUT2D eigenvalue weighted by Crippen LogP contribution is -2.25. The first-order valence-corrected chi connectivity index (χ1v) is 8.38. The zero-order valence-electron chi connectivity index (χ0n) is 10.5. The Balaban J connectivity index is 1.90. The van der Waals surface area contributed by atoms with E-state index >= 15 is 0 Å². The van der Waals surface area contributed by atoms with Gasteiger partial charge in [0.25, 0.3) is 0 Å². The van der Waals surface area contributed by atoms with Gasteiger partial charge in [-0.2, -0.15) is 0 Å². The van der Waals surface area contributed by atoms with Gasteiger partial charge in [-0.05, 0) is 52.1 Å². The minimum absolute atomic E-state index is 0.243. The maximum absolute atomic E-state index is 6.41. The van der Waals surface area contributed by atoms with Crippen molar-refractivity contribution >= 4 is 27.3 Å². The van der Waals surface area contributed by atoms with Crippen molar-refractivity contribution in [3.8, 4) is 0 Å². The van der Waals surface area contributed by atoms with Crippen LogP contribution in [0.25, 0.3) is 0 Å². The molecule has 3 heteroatoms. The van der Waals surface area contributed by atoms with E-state index in [-0.39, 0.29) is 6.04 Å². The van der Waals surface area contributed by atoms with Crippen molar-refractivity contribution in [2.24, 2.45) is 17.6 Å². The van der Waals surface area contributed by atoms with E-state index in [4.69, 9.17) is 5.73 Å². The predicted octanol–water partition coefficient (Wildman–Crippen LogP) is 5.12. The Labute approximate surface area is 117 Å². The lowest BCUT2D eigenvalue weighted by atomic mass is 9.77. The van der Waals surface area contributed by atoms with E-state index in [0.29, 0.717) is 5.92 Å². The third kappa shape index (κ3) is 3.33. The van der Waals surface area contributed by atoms with Crippen LogP contribution in [0.1, 0.15) is 56.4 Å². The summed E-state index contributed by atoms with van der Waals surface area (Å²) in [7, 11) is 0. The molecule has 1 aliphatic rings. The molecule has 1 nitrogen and oxygen atoms in total. The molecule has 0 aromatic carbocycles. The van der Waals surface area contributed by atoms with Crippen LogP contribution in [-0.2, 0) is 0 Å². The normalized spacial score (nSPS) is 27.0. The fourth-order valence-electron chi connectivity index (χ4n) is 3.00. The van der Waals surface area contributed by atoms with E-state index in [1.54, 1.807) is 11.3 Å². The van der Waals surface area contributed by atoms with Crippen LogP contribution in [-0.4, -0.2) is 0 Å². The summed E-state index contributed by atoms with van der Waals surface area (Å²) >= 11 is 5.39. The first-order chi connectivity index (χ1) is 8.22. The molecule has 0 aliphatic heterocycles. The Bertz CT molecular complexity index is 342. The van der Waals surface area contributed by atoms with E-state index in [0.717, 1.165) is 5.92 Å². The minimum atomic E-state index is 0.243. The average molecular weight is 316 g/mol. The number of thiophene rings is 1. The summed E-state index contributed by atoms with van der Waals surface area (Å²) in [6.45, 7) is 2.29. The second kappa shape index (κ2) is 6.35. The van der Waals surface area contributed by atoms with Gasteiger partial charge in [-0.25, -0.2) is 0 Å². The topological polar surface area (TPSA) is 26.0 Å². The van der Waals surface area contributed by atoms with Crippen LogP contribution in [0.5, 0.6) is 0 Å². The highest BCUT2D eigenvalue weighted by Gasteiger charge is 2.27. The van der Waals surface area contributed by atoms with Crippen molar-refractivity contribution in [3.63, 3.8) is 0 Å². The molecule has 1 atom stereocenters. The van der Waals surface area contributed by atoms with Crippen LogP contribution in [0.2, 0.25) is 0 Å². The Hall–Kier alpha value is 0.140. The van der Waals surface area contributed by atoms with Crippen LogP contribution < -0.4 is 5.73 Å². The molecule has 0 bridgehead atoms. The van der Waals surface area contributed by atoms with Gasteiger partial charge in [0.15, 0.2) is 0 Å². The molecule has 1 aromatic heterocycles. The van der Waals surface area contributed by atoms with Gasteiger partial charge in [-0.3, -0.25) is 0 Å². The maximum atomic E-state index is 6.41. The number of hydrogen-bond donors (Lipinski definition) is 1. The Morgan fingerprint density at radius 1 is 1.41 bits per heavy atom. The lowest BCUT2D eigenvalue weighted by Gasteiger charge is -2.31. The molecule has 1 saturated carbocycles. The van der Waals surface area contributed by atoms with E-state index in [1.807, 2.05) is 0 Å². The van der Waals surface area contributed by atoms with Gasteiger partial charge in [-0.1, -0.05) is 32.6 Å². The van der Waals surface area contributed by atoms with Gasteiger partial charge >= 0.3 is 0 Å². The van der Waals surface area contributed by atoms with Crippen molar-refractivity contribution in [2.75, 3.05) is 0 Å². The molecule has 1 heterocycles. The zero-order valence-corrected chi connectivity index (χ0v) is 12.9. The standard InChI is InChI=1S/C14H22BrNS/c1-2-3-10-4-6-11(7-5-10)13(16)14-12(15)8-9-17-14/h8-11,13H,2-7,16H2,1H3. The molecule has 0 radical (unpaired) electrons. The molecule has 1 unspecified atom stereocenters. The van der Waals surface area contributed by atoms with Crippen LogP contribution in [0.4, 0.5) is 0 Å². The van der Waals surface area contributed by atoms with Crippen molar-refractivity contribution in [3.05, 3.63) is 20.8 Å². The molecular weight excluding hydrogens is 294 g/mol. The molecule has 2 rings (SSSR count). The van der Waals surface area contributed by atoms with E-state index in [9.17, 15) is 0 Å². The Morgan fingerprint density at radius 2 is 2.12 bits per heavy atom. The van der Waals surface area contributed by atoms with Crippen LogP contribution in [0.3, 0.4) is 0 Å². The molecule has 0 spiro atoms. The zero-order chi connectivity index (χ0) is 12.3. The van der Waals surface area contributed by atoms with Gasteiger partial charge in [0.1, 0.15) is 0 Å². The van der Waals surface area contributed by atoms with Crippen LogP contribution in [0, 0.1) is 11.8 Å². The number of rotatable bonds is 4. The highest BCUT2D eigenvalue weighted by Crippen LogP contribution is 2.40. The molecule has 0 amide bonds. The monoisotopic (exact) mass is 315 g/mol. The highest BCUT2D eigenvalue weighted by atomic mass is 79.9. The Kier molecular flexibility index (Phi) is 5.07. The number of hydrogen-bond acceptors (Lipinski definition) is 2. The third-order valence-corrected chi connectivity index (χ3v) is 6.02. The summed E-state index contributed by atoms with van der Waals surface area (Å²) in [6, 6.07) is 2.36. The molecular formula is C14H22BrNS. The summed E-state index contributed by atoms with van der Waals surface area (Å²) in [5.41, 5.74) is 6.41. The molecule has 1 aromatic rings. The quantitative estimate of drug-likeness (QED) is 0.820. The summed E-state index contributed by atoms with van der Waals surface area (Å²) in [4.78, 5) is 1.34. The van der Waals surface area contributed by atoms with Gasteiger partial charge in [-0.15, -0.1) is 11.3 Å². The Morgan fingerprint density at radius 3 is 2.65 bits per heavy atom. The van der Waals surface area contributed by atoms with Crippen molar-refractivity contribution in [1.82, 2.24) is 0 Å². The molecule has 1 aliphatic carbocycles. The third-order valence-electron chi connectivity index (χ3n) is 4.04. The van der Waals surface area contributed by atoms with Crippen molar-refractivity contribution in [1.29, 1.82) is 0 Å². The summed E-state index contributed by atoms with van der Waals surface area (Å²) in [5.74, 6) is 1.66. The largest absolute Gasteiger partial charge is 0.323 e. The highest BCUT2D eigenvalue weighted by molar-refractivity contribution is 9.10. The molecule has 1 fully saturated rings. The molecule has 2 N–H and O–H groups in total. The van der Waals surface area contributed by atoms with E-state index < -0.39 is 0 Å². The summed E-state index contributed by atoms with van der Waals surface area (Å²) in [5, 5.41) is 2.13. The van der Waals surface area contributed by atoms with Crippen molar-refractivity contribution < 1.29 is 0 Å². The lowest BCUT2D eigenvalue weighted by molar-refractivity contribution is 0.235. The fourth-order valence-corrected chi connectivity index (χ4v) is 4.73. The van der Waals surface area contributed by atoms with E-state index in [1.165, 1.54) is 47.9 Å². The average Bonchev–Trinajstić information content (AvgIpc) is 2.76. The predicted molar refractivity (Wildman–Crippen MR) is 79.3 cm³/mol. The number of halogens is 1. The van der Waals surface area contributed by atoms with Gasteiger partial charge in [0.05, 0.1) is 0 Å². The molecule has 17 heavy (non-hydrogen) atoms. The van der Waals surface area contributed by atoms with Gasteiger partial charge < -0.3 is 5.73 Å². The first-order valence-electron chi connectivity index (χ1n) is 6.70. The smallest absolute Gasteiger partial charge is 0.0429 e. The van der Waals surface area contributed by atoms with Gasteiger partial charge in [0.2, 0.25) is 0 Å². The molecule has 0 saturated heterocycles. The SMILES string of the molecule is CCCC1CCC(C(N)c2sccc2Br)CC1. The maximum Gasteiger partial charge on any atom is 0.0429 e. The van der Waals surface area contributed by atoms with Crippen LogP contribution >= 0.6 is 27.3 Å². The second-order valence-electron chi connectivity index (χ2n) is 5.23. The first kappa shape index (κ1) is 13.6. The fraction of sp³-hybridized carbons (Fsp3) is 0.714. The van der Waals surface area contributed by atoms with Crippen molar-refractivity contribution in [2.45, 2.75) is 51.5 Å². The van der Waals surface area contributed by atoms with E-state index in [2.05, 4.69) is 34.3 Å². The summed E-state index contributed by atoms with van der Waals surface area (Å²) < 4.78 is 1.20. The number of nitrogens with two attached hydrogens (primary N) is 1. The van der Waals surface area contributed by atoms with Crippen LogP contribution in [0.15, 0.2) is 15.9 Å². The second-order valence-corrected chi connectivity index (χ2v) is 7.03. The molecule has 96 valence electrons. The minimum Gasteiger partial charge on any atom is -0.323 e.